The Bertz CT molecular complexity index is 179. The molecule has 0 aromatic carbocycles. The minimum Gasteiger partial charge on any atom is -0.391 e. The Labute approximate surface area is 122 Å². The van der Waals surface area contributed by atoms with Gasteiger partial charge in [0.1, 0.15) is 0 Å². The monoisotopic (exact) mass is 297 g/mol. The van der Waals surface area contributed by atoms with Crippen molar-refractivity contribution in [1.82, 2.24) is 0 Å². The van der Waals surface area contributed by atoms with Crippen LogP contribution in [0.15, 0.2) is 0 Å². The van der Waals surface area contributed by atoms with Crippen molar-refractivity contribution in [2.24, 2.45) is 5.73 Å². The highest BCUT2D eigenvalue weighted by Crippen LogP contribution is 2.16. The number of aliphatic hydroxyl groups excluding tert-OH is 1. The molecular formula is C14H29Cl2NO. The van der Waals surface area contributed by atoms with Crippen molar-refractivity contribution in [3.63, 3.8) is 0 Å². The molecule has 0 aromatic rings. The van der Waals surface area contributed by atoms with Crippen molar-refractivity contribution in [3.8, 4) is 0 Å². The number of rotatable bonds is 12. The van der Waals surface area contributed by atoms with Gasteiger partial charge in [0.25, 0.3) is 0 Å². The molecule has 3 atom stereocenters. The Morgan fingerprint density at radius 2 is 1.33 bits per heavy atom. The predicted octanol–water partition coefficient (Wildman–Crippen LogP) is 4.40. The molecule has 0 heterocycles. The van der Waals surface area contributed by atoms with Gasteiger partial charge < -0.3 is 10.8 Å². The topological polar surface area (TPSA) is 46.2 Å². The molecule has 3 unspecified atom stereocenters. The molecule has 0 aliphatic rings. The average molecular weight is 298 g/mol. The Balaban J connectivity index is 3.25. The van der Waals surface area contributed by atoms with Crippen molar-refractivity contribution < 1.29 is 5.11 Å². The summed E-state index contributed by atoms with van der Waals surface area (Å²) in [6, 6.07) is 0. The Morgan fingerprint density at radius 3 is 1.78 bits per heavy atom. The van der Waals surface area contributed by atoms with Gasteiger partial charge in [0.2, 0.25) is 0 Å². The van der Waals surface area contributed by atoms with E-state index < -0.39 is 17.0 Å². The van der Waals surface area contributed by atoms with Crippen molar-refractivity contribution in [3.05, 3.63) is 0 Å². The zero-order chi connectivity index (χ0) is 13.8. The SMILES string of the molecule is CCCCCCCCCCCC(O)C(Cl)C(N)Cl. The summed E-state index contributed by atoms with van der Waals surface area (Å²) in [6.45, 7) is 2.24. The lowest BCUT2D eigenvalue weighted by Gasteiger charge is -2.18. The first-order valence-corrected chi connectivity index (χ1v) is 8.18. The van der Waals surface area contributed by atoms with Crippen LogP contribution in [0.25, 0.3) is 0 Å². The van der Waals surface area contributed by atoms with E-state index >= 15 is 0 Å². The van der Waals surface area contributed by atoms with Crippen LogP contribution in [-0.4, -0.2) is 22.1 Å². The van der Waals surface area contributed by atoms with Gasteiger partial charge in [0.15, 0.2) is 0 Å². The first-order valence-electron chi connectivity index (χ1n) is 7.31. The van der Waals surface area contributed by atoms with Crippen molar-refractivity contribution >= 4 is 23.2 Å². The lowest BCUT2D eigenvalue weighted by Crippen LogP contribution is -2.35. The van der Waals surface area contributed by atoms with E-state index in [1.54, 1.807) is 0 Å². The molecule has 0 fully saturated rings. The van der Waals surface area contributed by atoms with E-state index in [9.17, 15) is 5.11 Å². The predicted molar refractivity (Wildman–Crippen MR) is 81.3 cm³/mol. The van der Waals surface area contributed by atoms with Gasteiger partial charge in [0, 0.05) is 0 Å². The number of alkyl halides is 2. The molecule has 0 radical (unpaired) electrons. The number of halogens is 2. The molecule has 3 N–H and O–H groups in total. The number of hydrogen-bond donors (Lipinski definition) is 2. The second-order valence-corrected chi connectivity index (χ2v) is 6.08. The largest absolute Gasteiger partial charge is 0.391 e. The van der Waals surface area contributed by atoms with Crippen LogP contribution in [0.3, 0.4) is 0 Å². The zero-order valence-electron chi connectivity index (χ0n) is 11.6. The summed E-state index contributed by atoms with van der Waals surface area (Å²) >= 11 is 11.5. The molecule has 2 nitrogen and oxygen atoms in total. The minimum atomic E-state index is -0.666. The average Bonchev–Trinajstić information content (AvgIpc) is 2.35. The molecule has 0 bridgehead atoms. The smallest absolute Gasteiger partial charge is 0.0991 e. The Morgan fingerprint density at radius 1 is 0.889 bits per heavy atom. The summed E-state index contributed by atoms with van der Waals surface area (Å²) in [4.78, 5) is 0. The Kier molecular flexibility index (Phi) is 12.9. The second kappa shape index (κ2) is 12.5. The van der Waals surface area contributed by atoms with Crippen LogP contribution in [0, 0.1) is 0 Å². The van der Waals surface area contributed by atoms with E-state index in [2.05, 4.69) is 6.92 Å². The normalized spacial score (nSPS) is 16.5. The van der Waals surface area contributed by atoms with Gasteiger partial charge in [-0.1, -0.05) is 64.7 Å². The van der Waals surface area contributed by atoms with Gasteiger partial charge in [-0.2, -0.15) is 0 Å². The van der Waals surface area contributed by atoms with Gasteiger partial charge >= 0.3 is 0 Å². The van der Waals surface area contributed by atoms with Crippen molar-refractivity contribution in [2.45, 2.75) is 88.1 Å². The van der Waals surface area contributed by atoms with Crippen LogP contribution < -0.4 is 5.73 Å². The number of hydrogen-bond acceptors (Lipinski definition) is 2. The first kappa shape index (κ1) is 18.5. The number of aliphatic hydroxyl groups is 1. The summed E-state index contributed by atoms with van der Waals surface area (Å²) in [7, 11) is 0. The standard InChI is InChI=1S/C14H29Cl2NO/c1-2-3-4-5-6-7-8-9-10-11-12(18)13(15)14(16)17/h12-14,18H,2-11,17H2,1H3. The maximum absolute atomic E-state index is 9.69. The van der Waals surface area contributed by atoms with Gasteiger partial charge in [-0.3, -0.25) is 0 Å². The molecule has 110 valence electrons. The molecule has 0 saturated heterocycles. The maximum atomic E-state index is 9.69. The van der Waals surface area contributed by atoms with Crippen LogP contribution in [-0.2, 0) is 0 Å². The summed E-state index contributed by atoms with van der Waals surface area (Å²) in [5.41, 5.74) is 4.75. The lowest BCUT2D eigenvalue weighted by molar-refractivity contribution is 0.153. The maximum Gasteiger partial charge on any atom is 0.0991 e. The van der Waals surface area contributed by atoms with Gasteiger partial charge in [-0.25, -0.2) is 0 Å². The van der Waals surface area contributed by atoms with Crippen molar-refractivity contribution in [1.29, 1.82) is 0 Å². The highest BCUT2D eigenvalue weighted by Gasteiger charge is 2.21. The third-order valence-electron chi connectivity index (χ3n) is 3.28. The van der Waals surface area contributed by atoms with E-state index in [1.165, 1.54) is 44.9 Å². The summed E-state index contributed by atoms with van der Waals surface area (Å²) in [5, 5.41) is 9.15. The molecule has 0 saturated carbocycles. The fourth-order valence-corrected chi connectivity index (χ4v) is 2.33. The van der Waals surface area contributed by atoms with E-state index in [1.807, 2.05) is 0 Å². The molecule has 0 amide bonds. The summed E-state index contributed by atoms with van der Waals surface area (Å²) in [6.07, 6.45) is 11.6. The first-order chi connectivity index (χ1) is 8.59. The molecule has 18 heavy (non-hydrogen) atoms. The molecule has 0 aliphatic heterocycles. The number of unbranched alkanes of at least 4 members (excludes halogenated alkanes) is 8. The van der Waals surface area contributed by atoms with E-state index in [-0.39, 0.29) is 0 Å². The highest BCUT2D eigenvalue weighted by molar-refractivity contribution is 6.29. The zero-order valence-corrected chi connectivity index (χ0v) is 13.1. The van der Waals surface area contributed by atoms with Crippen LogP contribution in [0.5, 0.6) is 0 Å². The molecule has 0 aliphatic carbocycles. The van der Waals surface area contributed by atoms with E-state index in [0.29, 0.717) is 6.42 Å². The van der Waals surface area contributed by atoms with Crippen LogP contribution >= 0.6 is 23.2 Å². The molecule has 0 spiro atoms. The fraction of sp³-hybridized carbons (Fsp3) is 1.00. The van der Waals surface area contributed by atoms with E-state index in [0.717, 1.165) is 12.8 Å². The fourth-order valence-electron chi connectivity index (χ4n) is 2.04. The highest BCUT2D eigenvalue weighted by atomic mass is 35.5. The van der Waals surface area contributed by atoms with Gasteiger partial charge in [-0.15, -0.1) is 23.2 Å². The lowest BCUT2D eigenvalue weighted by atomic mass is 10.0. The van der Waals surface area contributed by atoms with Crippen LogP contribution in [0.1, 0.15) is 71.1 Å². The third-order valence-corrected chi connectivity index (χ3v) is 4.24. The van der Waals surface area contributed by atoms with Gasteiger partial charge in [0.05, 0.1) is 17.0 Å². The molecule has 0 aromatic heterocycles. The molecule has 0 rings (SSSR count). The van der Waals surface area contributed by atoms with E-state index in [4.69, 9.17) is 28.9 Å². The quantitative estimate of drug-likeness (QED) is 0.319. The van der Waals surface area contributed by atoms with Crippen LogP contribution in [0.2, 0.25) is 0 Å². The Hall–Kier alpha value is 0.500. The molecular weight excluding hydrogens is 269 g/mol. The van der Waals surface area contributed by atoms with Crippen LogP contribution in [0.4, 0.5) is 0 Å². The third kappa shape index (κ3) is 10.4. The van der Waals surface area contributed by atoms with Crippen molar-refractivity contribution in [2.75, 3.05) is 0 Å². The van der Waals surface area contributed by atoms with Gasteiger partial charge in [-0.05, 0) is 6.42 Å². The second-order valence-electron chi connectivity index (χ2n) is 5.07. The summed E-state index contributed by atoms with van der Waals surface area (Å²) in [5.74, 6) is 0. The summed E-state index contributed by atoms with van der Waals surface area (Å²) < 4.78 is 0. The number of nitrogens with two attached hydrogens (primary N) is 1. The minimum absolute atomic E-state index is 0.541. The molecule has 4 heteroatoms.